The molecule has 6 nitrogen and oxygen atoms in total. The van der Waals surface area contributed by atoms with Gasteiger partial charge in [0.1, 0.15) is 19.0 Å². The van der Waals surface area contributed by atoms with E-state index in [0.717, 1.165) is 47.9 Å². The molecule has 27 heavy (non-hydrogen) atoms. The van der Waals surface area contributed by atoms with Crippen molar-refractivity contribution in [1.82, 2.24) is 14.5 Å². The highest BCUT2D eigenvalue weighted by Crippen LogP contribution is 2.34. The minimum absolute atomic E-state index is 0. The lowest BCUT2D eigenvalue weighted by Crippen LogP contribution is -2.32. The summed E-state index contributed by atoms with van der Waals surface area (Å²) in [5.74, 6) is 2.69. The molecule has 154 valence electrons. The van der Waals surface area contributed by atoms with Gasteiger partial charge in [-0.3, -0.25) is 0 Å². The third-order valence-electron chi connectivity index (χ3n) is 4.95. The smallest absolute Gasteiger partial charge is 0.163 e. The number of likely N-dealkylation sites (tertiary alicyclic amines) is 1. The molecule has 0 amide bonds. The SMILES string of the molecule is Cl.Cl.Cl.NCCc1nc2cc3c(cc2n1CCN1CCCCC1)OCCO3. The van der Waals surface area contributed by atoms with Crippen molar-refractivity contribution >= 4 is 48.3 Å². The van der Waals surface area contributed by atoms with Crippen LogP contribution in [0.3, 0.4) is 0 Å². The Morgan fingerprint density at radius 1 is 0.926 bits per heavy atom. The molecule has 1 fully saturated rings. The number of aromatic nitrogens is 2. The predicted molar refractivity (Wildman–Crippen MR) is 116 cm³/mol. The molecule has 9 heteroatoms. The monoisotopic (exact) mass is 438 g/mol. The fourth-order valence-electron chi connectivity index (χ4n) is 3.71. The van der Waals surface area contributed by atoms with Crippen molar-refractivity contribution in [3.05, 3.63) is 18.0 Å². The van der Waals surface area contributed by atoms with Crippen LogP contribution in [0.5, 0.6) is 11.5 Å². The number of halogens is 3. The third-order valence-corrected chi connectivity index (χ3v) is 4.95. The fraction of sp³-hybridized carbons (Fsp3) is 0.611. The molecule has 0 spiro atoms. The van der Waals surface area contributed by atoms with E-state index in [1.54, 1.807) is 0 Å². The second-order valence-corrected chi connectivity index (χ2v) is 6.61. The summed E-state index contributed by atoms with van der Waals surface area (Å²) < 4.78 is 13.8. The molecule has 1 saturated heterocycles. The highest BCUT2D eigenvalue weighted by Gasteiger charge is 2.18. The van der Waals surface area contributed by atoms with Gasteiger partial charge in [-0.25, -0.2) is 4.98 Å². The number of hydrogen-bond donors (Lipinski definition) is 1. The van der Waals surface area contributed by atoms with Crippen molar-refractivity contribution in [3.8, 4) is 11.5 Å². The van der Waals surface area contributed by atoms with Crippen LogP contribution < -0.4 is 15.2 Å². The van der Waals surface area contributed by atoms with E-state index in [0.29, 0.717) is 19.8 Å². The van der Waals surface area contributed by atoms with Crippen LogP contribution >= 0.6 is 37.2 Å². The van der Waals surface area contributed by atoms with Gasteiger partial charge in [0, 0.05) is 31.6 Å². The van der Waals surface area contributed by atoms with Crippen LogP contribution in [-0.4, -0.2) is 53.8 Å². The zero-order valence-corrected chi connectivity index (χ0v) is 17.8. The topological polar surface area (TPSA) is 65.5 Å². The molecule has 2 aliphatic heterocycles. The number of nitrogens with zero attached hydrogens (tertiary/aromatic N) is 3. The fourth-order valence-corrected chi connectivity index (χ4v) is 3.71. The summed E-state index contributed by atoms with van der Waals surface area (Å²) in [7, 11) is 0. The van der Waals surface area contributed by atoms with Gasteiger partial charge in [0.15, 0.2) is 11.5 Å². The first-order chi connectivity index (χ1) is 11.8. The van der Waals surface area contributed by atoms with E-state index in [2.05, 4.69) is 15.5 Å². The van der Waals surface area contributed by atoms with Gasteiger partial charge in [-0.05, 0) is 32.5 Å². The summed E-state index contributed by atoms with van der Waals surface area (Å²) in [5.41, 5.74) is 7.90. The molecule has 2 aromatic rings. The highest BCUT2D eigenvalue weighted by molar-refractivity contribution is 5.86. The number of ether oxygens (including phenoxy) is 2. The first-order valence-electron chi connectivity index (χ1n) is 9.06. The Morgan fingerprint density at radius 2 is 1.59 bits per heavy atom. The average Bonchev–Trinajstić information content (AvgIpc) is 2.95. The van der Waals surface area contributed by atoms with Crippen LogP contribution in [0.4, 0.5) is 0 Å². The van der Waals surface area contributed by atoms with Crippen LogP contribution in [0.15, 0.2) is 12.1 Å². The van der Waals surface area contributed by atoms with Crippen LogP contribution in [0.25, 0.3) is 11.0 Å². The van der Waals surface area contributed by atoms with Crippen molar-refractivity contribution in [2.75, 3.05) is 39.4 Å². The van der Waals surface area contributed by atoms with Crippen molar-refractivity contribution in [3.63, 3.8) is 0 Å². The molecule has 1 aromatic carbocycles. The molecule has 4 rings (SSSR count). The normalized spacial score (nSPS) is 16.2. The van der Waals surface area contributed by atoms with Gasteiger partial charge in [-0.15, -0.1) is 37.2 Å². The Bertz CT molecular complexity index is 720. The Morgan fingerprint density at radius 3 is 2.26 bits per heavy atom. The number of imidazole rings is 1. The van der Waals surface area contributed by atoms with Gasteiger partial charge in [0.05, 0.1) is 11.0 Å². The molecule has 0 atom stereocenters. The minimum atomic E-state index is 0. The van der Waals surface area contributed by atoms with Gasteiger partial charge >= 0.3 is 0 Å². The van der Waals surface area contributed by atoms with Crippen LogP contribution in [0.1, 0.15) is 25.1 Å². The predicted octanol–water partition coefficient (Wildman–Crippen LogP) is 3.06. The summed E-state index contributed by atoms with van der Waals surface area (Å²) in [4.78, 5) is 7.36. The zero-order valence-electron chi connectivity index (χ0n) is 15.4. The Labute approximate surface area is 179 Å². The van der Waals surface area contributed by atoms with Gasteiger partial charge in [-0.1, -0.05) is 6.42 Å². The van der Waals surface area contributed by atoms with Crippen molar-refractivity contribution < 1.29 is 9.47 Å². The molecule has 0 bridgehead atoms. The minimum Gasteiger partial charge on any atom is -0.486 e. The number of hydrogen-bond acceptors (Lipinski definition) is 5. The lowest BCUT2D eigenvalue weighted by molar-refractivity contribution is 0.172. The van der Waals surface area contributed by atoms with Gasteiger partial charge < -0.3 is 24.7 Å². The zero-order chi connectivity index (χ0) is 16.4. The Kier molecular flexibility index (Phi) is 9.98. The molecule has 0 aliphatic carbocycles. The van der Waals surface area contributed by atoms with E-state index in [-0.39, 0.29) is 37.2 Å². The lowest BCUT2D eigenvalue weighted by Gasteiger charge is -2.27. The molecule has 0 unspecified atom stereocenters. The van der Waals surface area contributed by atoms with Crippen LogP contribution in [0.2, 0.25) is 0 Å². The van der Waals surface area contributed by atoms with Crippen molar-refractivity contribution in [1.29, 1.82) is 0 Å². The van der Waals surface area contributed by atoms with Crippen molar-refractivity contribution in [2.24, 2.45) is 5.73 Å². The summed E-state index contributed by atoms with van der Waals surface area (Å²) in [6.45, 7) is 6.26. The number of benzene rings is 1. The lowest BCUT2D eigenvalue weighted by atomic mass is 10.1. The maximum Gasteiger partial charge on any atom is 0.163 e. The number of piperidine rings is 1. The number of fused-ring (bicyclic) bond motifs is 2. The van der Waals surface area contributed by atoms with Crippen molar-refractivity contribution in [2.45, 2.75) is 32.2 Å². The standard InChI is InChI=1S/C18H26N4O2.3ClH/c19-5-4-18-20-14-12-16-17(24-11-10-23-16)13-15(14)22(18)9-8-21-6-2-1-3-7-21;;;/h12-13H,1-11,19H2;3*1H. The van der Waals surface area contributed by atoms with Crippen LogP contribution in [0, 0.1) is 0 Å². The van der Waals surface area contributed by atoms with E-state index < -0.39 is 0 Å². The number of nitrogens with two attached hydrogens (primary N) is 1. The second kappa shape index (κ2) is 11.2. The second-order valence-electron chi connectivity index (χ2n) is 6.61. The Hall–Kier alpha value is -0.920. The summed E-state index contributed by atoms with van der Waals surface area (Å²) in [6.07, 6.45) is 4.80. The van der Waals surface area contributed by atoms with Gasteiger partial charge in [0.2, 0.25) is 0 Å². The molecule has 3 heterocycles. The van der Waals surface area contributed by atoms with Gasteiger partial charge in [-0.2, -0.15) is 0 Å². The molecule has 0 saturated carbocycles. The molecule has 1 aromatic heterocycles. The Balaban J connectivity index is 0.00000121. The molecule has 2 aliphatic rings. The highest BCUT2D eigenvalue weighted by atomic mass is 35.5. The van der Waals surface area contributed by atoms with E-state index in [4.69, 9.17) is 20.2 Å². The summed E-state index contributed by atoms with van der Waals surface area (Å²) >= 11 is 0. The van der Waals surface area contributed by atoms with E-state index >= 15 is 0 Å². The van der Waals surface area contributed by atoms with Crippen LogP contribution in [-0.2, 0) is 13.0 Å². The largest absolute Gasteiger partial charge is 0.486 e. The molecular weight excluding hydrogens is 411 g/mol. The van der Waals surface area contributed by atoms with Gasteiger partial charge in [0.25, 0.3) is 0 Å². The maximum atomic E-state index is 5.80. The summed E-state index contributed by atoms with van der Waals surface area (Å²) in [5, 5.41) is 0. The summed E-state index contributed by atoms with van der Waals surface area (Å²) in [6, 6.07) is 4.08. The van der Waals surface area contributed by atoms with E-state index in [9.17, 15) is 0 Å². The third kappa shape index (κ3) is 5.33. The molecular formula is C18H29Cl3N4O2. The average molecular weight is 440 g/mol. The van der Waals surface area contributed by atoms with E-state index in [1.165, 1.54) is 32.4 Å². The number of rotatable bonds is 5. The first-order valence-corrected chi connectivity index (χ1v) is 9.06. The quantitative estimate of drug-likeness (QED) is 0.775. The first kappa shape index (κ1) is 24.1. The molecule has 2 N–H and O–H groups in total. The van der Waals surface area contributed by atoms with E-state index in [1.807, 2.05) is 6.07 Å². The molecule has 0 radical (unpaired) electrons. The maximum absolute atomic E-state index is 5.80.